The zero-order valence-electron chi connectivity index (χ0n) is 38.8. The molecule has 3 aliphatic carbocycles. The Bertz CT molecular complexity index is 2640. The van der Waals surface area contributed by atoms with Crippen molar-refractivity contribution in [2.45, 2.75) is 120 Å². The summed E-state index contributed by atoms with van der Waals surface area (Å²) in [5.74, 6) is 2.49. The SMILES string of the molecule is COc1cc([C@H]2Oc3c(c4c(c5c3CC[C@H](CO)O5)-c3ccc(O)c5c3[C@H](C4)[C@@H](c3ccc4c(c3)=CCN=4)C=C5)C[C@@]2(CNCNC[C@@](C)(O)CC(C)C)OCNC2CCCC2)ccc1O. The van der Waals surface area contributed by atoms with E-state index in [1.54, 1.807) is 19.2 Å². The Labute approximate surface area is 387 Å². The van der Waals surface area contributed by atoms with Crippen LogP contribution in [0.2, 0.25) is 0 Å². The van der Waals surface area contributed by atoms with Crippen molar-refractivity contribution in [2.75, 3.05) is 46.8 Å². The first-order valence-corrected chi connectivity index (χ1v) is 24.2. The van der Waals surface area contributed by atoms with Gasteiger partial charge in [0.15, 0.2) is 17.6 Å². The normalized spacial score (nSPS) is 24.5. The van der Waals surface area contributed by atoms with Crippen molar-refractivity contribution in [3.63, 3.8) is 0 Å². The first-order valence-electron chi connectivity index (χ1n) is 24.2. The molecule has 66 heavy (non-hydrogen) atoms. The number of methoxy groups -OCH3 is 1. The summed E-state index contributed by atoms with van der Waals surface area (Å²) >= 11 is 0. The fraction of sp³-hybridized carbons (Fsp3) is 0.500. The van der Waals surface area contributed by atoms with Gasteiger partial charge in [0.05, 0.1) is 38.0 Å². The zero-order chi connectivity index (χ0) is 45.7. The largest absolute Gasteiger partial charge is 0.507 e. The van der Waals surface area contributed by atoms with E-state index in [4.69, 9.17) is 18.9 Å². The molecule has 350 valence electrons. The number of allylic oxidation sites excluding steroid dienone is 1. The fourth-order valence-electron chi connectivity index (χ4n) is 12.0. The third-order valence-electron chi connectivity index (χ3n) is 15.0. The number of nitrogens with zero attached hydrogens (tertiary/aromatic N) is 1. The maximum absolute atomic E-state index is 11.5. The lowest BCUT2D eigenvalue weighted by Crippen LogP contribution is -2.56. The molecule has 3 aliphatic heterocycles. The Morgan fingerprint density at radius 3 is 2.56 bits per heavy atom. The Morgan fingerprint density at radius 2 is 1.76 bits per heavy atom. The van der Waals surface area contributed by atoms with Gasteiger partial charge in [-0.25, -0.2) is 0 Å². The predicted molar refractivity (Wildman–Crippen MR) is 255 cm³/mol. The molecule has 4 aromatic carbocycles. The monoisotopic (exact) mass is 898 g/mol. The van der Waals surface area contributed by atoms with Gasteiger partial charge in [-0.1, -0.05) is 63.1 Å². The second-order valence-electron chi connectivity index (χ2n) is 20.2. The quantitative estimate of drug-likeness (QED) is 0.0508. The standard InChI is InChI=1S/C54H66N4O8/c1-31(2)24-53(3,62)27-55-29-56-28-54(64-30-58-35-7-5-6-8-35)25-43-42-23-41-37(32-9-16-44-33(21-32)19-20-57-44)13-14-38-45(60)18-15-39(48(38)41)49(42)51-40(12-11-36(26-59)65-51)50(43)66-52(54)34-10-17-46(61)47(22-34)63-4/h9-10,13-19,21-22,31,35-37,41,52,55-56,58-62H,5-8,11-12,20,23-30H2,1-4H3/t36-,37-,41-,52-,53+,54+/m1/s1. The molecule has 1 saturated carbocycles. The van der Waals surface area contributed by atoms with Gasteiger partial charge in [-0.3, -0.25) is 10.3 Å². The van der Waals surface area contributed by atoms with E-state index in [1.165, 1.54) is 18.4 Å². The Kier molecular flexibility index (Phi) is 12.4. The van der Waals surface area contributed by atoms with Gasteiger partial charge >= 0.3 is 0 Å². The van der Waals surface area contributed by atoms with Crippen LogP contribution >= 0.6 is 0 Å². The minimum absolute atomic E-state index is 0.0160. The molecule has 0 saturated heterocycles. The second-order valence-corrected chi connectivity index (χ2v) is 20.2. The first-order chi connectivity index (χ1) is 32.0. The molecule has 6 aliphatic rings. The van der Waals surface area contributed by atoms with E-state index in [1.807, 2.05) is 19.1 Å². The zero-order valence-corrected chi connectivity index (χ0v) is 38.8. The molecule has 7 N–H and O–H groups in total. The number of aromatic hydroxyl groups is 2. The highest BCUT2D eigenvalue weighted by Gasteiger charge is 2.51. The number of aliphatic hydroxyl groups is 2. The summed E-state index contributed by atoms with van der Waals surface area (Å²) in [7, 11) is 1.55. The summed E-state index contributed by atoms with van der Waals surface area (Å²) in [6.45, 7) is 8.24. The number of ether oxygens (including phenoxy) is 4. The van der Waals surface area contributed by atoms with E-state index in [0.29, 0.717) is 82.8 Å². The molecule has 3 heterocycles. The van der Waals surface area contributed by atoms with Crippen LogP contribution in [-0.4, -0.2) is 90.5 Å². The summed E-state index contributed by atoms with van der Waals surface area (Å²) in [4.78, 5) is 4.67. The number of hydrogen-bond donors (Lipinski definition) is 7. The number of aliphatic hydroxyl groups excluding tert-OH is 1. The van der Waals surface area contributed by atoms with E-state index in [0.717, 1.165) is 79.4 Å². The van der Waals surface area contributed by atoms with Crippen molar-refractivity contribution < 1.29 is 39.4 Å². The Balaban J connectivity index is 1.13. The predicted octanol–water partition coefficient (Wildman–Crippen LogP) is 6.18. The van der Waals surface area contributed by atoms with E-state index >= 15 is 0 Å². The smallest absolute Gasteiger partial charge is 0.160 e. The van der Waals surface area contributed by atoms with Crippen LogP contribution in [0.3, 0.4) is 0 Å². The van der Waals surface area contributed by atoms with Crippen LogP contribution in [0, 0.1) is 5.92 Å². The molecule has 10 rings (SSSR count). The molecular weight excluding hydrogens is 833 g/mol. The molecule has 6 atom stereocenters. The van der Waals surface area contributed by atoms with Crippen molar-refractivity contribution in [3.8, 4) is 39.9 Å². The maximum atomic E-state index is 11.5. The van der Waals surface area contributed by atoms with Gasteiger partial charge in [-0.2, -0.15) is 0 Å². The van der Waals surface area contributed by atoms with Gasteiger partial charge in [0, 0.05) is 60.4 Å². The molecule has 0 aromatic heterocycles. The van der Waals surface area contributed by atoms with Gasteiger partial charge in [0.2, 0.25) is 0 Å². The first kappa shape index (κ1) is 44.9. The lowest BCUT2D eigenvalue weighted by molar-refractivity contribution is -0.131. The number of benzene rings is 4. The van der Waals surface area contributed by atoms with Crippen molar-refractivity contribution in [2.24, 2.45) is 10.9 Å². The van der Waals surface area contributed by atoms with Gasteiger partial charge in [-0.05, 0) is 121 Å². The third kappa shape index (κ3) is 8.38. The van der Waals surface area contributed by atoms with Crippen LogP contribution in [0.15, 0.2) is 59.6 Å². The molecule has 0 spiro atoms. The third-order valence-corrected chi connectivity index (χ3v) is 15.0. The molecule has 1 fully saturated rings. The van der Waals surface area contributed by atoms with Crippen molar-refractivity contribution in [3.05, 3.63) is 104 Å². The topological polar surface area (TPSA) is 166 Å². The maximum Gasteiger partial charge on any atom is 0.160 e. The average molecular weight is 899 g/mol. The number of rotatable bonds is 16. The molecule has 4 aromatic rings. The lowest BCUT2D eigenvalue weighted by atomic mass is 9.64. The van der Waals surface area contributed by atoms with Crippen LogP contribution in [0.1, 0.15) is 116 Å². The minimum atomic E-state index is -0.987. The van der Waals surface area contributed by atoms with Crippen molar-refractivity contribution in [1.82, 2.24) is 16.0 Å². The highest BCUT2D eigenvalue weighted by Crippen LogP contribution is 2.60. The number of nitrogens with one attached hydrogen (secondary N) is 3. The molecular formula is C54H66N4O8. The lowest BCUT2D eigenvalue weighted by Gasteiger charge is -2.48. The van der Waals surface area contributed by atoms with E-state index in [2.05, 4.69) is 77.3 Å². The number of hydrogen-bond acceptors (Lipinski definition) is 12. The van der Waals surface area contributed by atoms with Crippen molar-refractivity contribution >= 4 is 12.2 Å². The average Bonchev–Trinajstić information content (AvgIpc) is 4.02. The number of phenolic OH excluding ortho intramolecular Hbond substituents is 2. The highest BCUT2D eigenvalue weighted by molar-refractivity contribution is 5.89. The van der Waals surface area contributed by atoms with Crippen LogP contribution in [-0.2, 0) is 24.0 Å². The summed E-state index contributed by atoms with van der Waals surface area (Å²) < 4.78 is 27.5. The fourth-order valence-corrected chi connectivity index (χ4v) is 12.0. The highest BCUT2D eigenvalue weighted by atomic mass is 16.6. The van der Waals surface area contributed by atoms with Crippen LogP contribution in [0.5, 0.6) is 28.7 Å². The van der Waals surface area contributed by atoms with Crippen LogP contribution in [0.25, 0.3) is 23.3 Å². The number of phenols is 2. The summed E-state index contributed by atoms with van der Waals surface area (Å²) in [6.07, 6.45) is 13.2. The van der Waals surface area contributed by atoms with Gasteiger partial charge in [0.1, 0.15) is 29.0 Å². The minimum Gasteiger partial charge on any atom is -0.507 e. The molecule has 0 radical (unpaired) electrons. The number of fused-ring (bicyclic) bond motifs is 8. The summed E-state index contributed by atoms with van der Waals surface area (Å²) in [5, 5.41) is 57.1. The molecule has 12 heteroatoms. The van der Waals surface area contributed by atoms with Crippen LogP contribution in [0.4, 0.5) is 0 Å². The molecule has 0 bridgehead atoms. The van der Waals surface area contributed by atoms with E-state index < -0.39 is 17.3 Å². The molecule has 0 amide bonds. The Morgan fingerprint density at radius 1 is 0.939 bits per heavy atom. The summed E-state index contributed by atoms with van der Waals surface area (Å²) in [6, 6.07) is 16.2. The van der Waals surface area contributed by atoms with Crippen molar-refractivity contribution in [1.29, 1.82) is 0 Å². The van der Waals surface area contributed by atoms with E-state index in [-0.39, 0.29) is 36.0 Å². The van der Waals surface area contributed by atoms with Crippen LogP contribution < -0.4 is 40.7 Å². The second kappa shape index (κ2) is 18.3. The van der Waals surface area contributed by atoms with Gasteiger partial charge < -0.3 is 50.0 Å². The molecule has 0 unspecified atom stereocenters. The summed E-state index contributed by atoms with van der Waals surface area (Å²) in [5.41, 5.74) is 7.27. The Hall–Kier alpha value is -4.95. The van der Waals surface area contributed by atoms with Gasteiger partial charge in [-0.15, -0.1) is 0 Å². The van der Waals surface area contributed by atoms with E-state index in [9.17, 15) is 20.4 Å². The van der Waals surface area contributed by atoms with Gasteiger partial charge in [0.25, 0.3) is 0 Å². The molecule has 12 nitrogen and oxygen atoms in total.